The van der Waals surface area contributed by atoms with E-state index in [1.54, 1.807) is 0 Å². The first-order valence-corrected chi connectivity index (χ1v) is 7.39. The van der Waals surface area contributed by atoms with Gasteiger partial charge < -0.3 is 14.6 Å². The van der Waals surface area contributed by atoms with Crippen molar-refractivity contribution in [1.82, 2.24) is 4.72 Å². The van der Waals surface area contributed by atoms with Crippen LogP contribution in [0.4, 0.5) is 0 Å². The van der Waals surface area contributed by atoms with E-state index in [0.717, 1.165) is 38.6 Å². The highest BCUT2D eigenvalue weighted by Gasteiger charge is 2.14. The summed E-state index contributed by atoms with van der Waals surface area (Å²) in [5.41, 5.74) is 0. The van der Waals surface area contributed by atoms with Gasteiger partial charge in [0.25, 0.3) is 0 Å². The van der Waals surface area contributed by atoms with Crippen LogP contribution in [0.25, 0.3) is 0 Å². The van der Waals surface area contributed by atoms with E-state index in [-0.39, 0.29) is 6.04 Å². The molecule has 6 nitrogen and oxygen atoms in total. The van der Waals surface area contributed by atoms with Gasteiger partial charge in [0, 0.05) is 6.04 Å². The summed E-state index contributed by atoms with van der Waals surface area (Å²) >= 11 is 0. The lowest BCUT2D eigenvalue weighted by molar-refractivity contribution is -0.858. The minimum Gasteiger partial charge on any atom is -0.735 e. The van der Waals surface area contributed by atoms with Crippen LogP contribution < -0.4 is 9.62 Å². The molecule has 104 valence electrons. The van der Waals surface area contributed by atoms with Gasteiger partial charge in [-0.2, -0.15) is 0 Å². The van der Waals surface area contributed by atoms with Gasteiger partial charge in [0.15, 0.2) is 10.3 Å². The lowest BCUT2D eigenvalue weighted by Gasteiger charge is -2.23. The Hall–Kier alpha value is -0.210. The highest BCUT2D eigenvalue weighted by atomic mass is 32.2. The molecule has 0 amide bonds. The van der Waals surface area contributed by atoms with Crippen LogP contribution in [0.15, 0.2) is 0 Å². The van der Waals surface area contributed by atoms with Gasteiger partial charge in [-0.25, -0.2) is 13.1 Å². The standard InChI is InChI=1S/C6H13NO3S.C4H11NO/c8-11(9,10)7-6-4-2-1-3-5-6;1-5(2)3-4-6/h6-7H,1-5H2,(H,8,9,10);6H,3-4H2,1-2H3. The van der Waals surface area contributed by atoms with Crippen LogP contribution in [0, 0.1) is 0 Å². The fraction of sp³-hybridized carbons (Fsp3) is 1.00. The van der Waals surface area contributed by atoms with Crippen molar-refractivity contribution in [1.29, 1.82) is 0 Å². The zero-order valence-corrected chi connectivity index (χ0v) is 11.4. The first-order chi connectivity index (χ1) is 7.85. The molecular weight excluding hydrogens is 244 g/mol. The lowest BCUT2D eigenvalue weighted by Crippen LogP contribution is -3.06. The Bertz CT molecular complexity index is 274. The monoisotopic (exact) mass is 268 g/mol. The fourth-order valence-electron chi connectivity index (χ4n) is 1.65. The van der Waals surface area contributed by atoms with Crippen LogP contribution in [0.1, 0.15) is 32.1 Å². The van der Waals surface area contributed by atoms with Crippen LogP contribution in [-0.2, 0) is 10.3 Å². The first kappa shape index (κ1) is 16.8. The Balaban J connectivity index is 0.000000366. The van der Waals surface area contributed by atoms with Gasteiger partial charge >= 0.3 is 0 Å². The Morgan fingerprint density at radius 1 is 1.29 bits per heavy atom. The molecule has 1 aliphatic rings. The summed E-state index contributed by atoms with van der Waals surface area (Å²) in [5.74, 6) is 0. The number of quaternary nitrogens is 1. The topological polar surface area (TPSA) is 93.9 Å². The van der Waals surface area contributed by atoms with E-state index in [9.17, 15) is 13.0 Å². The molecule has 7 heteroatoms. The highest BCUT2D eigenvalue weighted by molar-refractivity contribution is 7.83. The van der Waals surface area contributed by atoms with Gasteiger partial charge in [0.05, 0.1) is 20.7 Å². The number of hydrogen-bond donors (Lipinski definition) is 3. The zero-order chi connectivity index (χ0) is 13.3. The average Bonchev–Trinajstić information content (AvgIpc) is 2.17. The summed E-state index contributed by atoms with van der Waals surface area (Å²) in [5, 5.41) is 8.22. The van der Waals surface area contributed by atoms with Crippen molar-refractivity contribution in [3.05, 3.63) is 0 Å². The van der Waals surface area contributed by atoms with Crippen molar-refractivity contribution in [2.24, 2.45) is 0 Å². The first-order valence-electron chi connectivity index (χ1n) is 5.98. The molecule has 1 fully saturated rings. The molecule has 1 aliphatic carbocycles. The second-order valence-electron chi connectivity index (χ2n) is 4.59. The lowest BCUT2D eigenvalue weighted by atomic mass is 9.96. The molecule has 0 atom stereocenters. The number of hydrogen-bond acceptors (Lipinski definition) is 4. The van der Waals surface area contributed by atoms with E-state index in [0.29, 0.717) is 6.61 Å². The van der Waals surface area contributed by atoms with Crippen LogP contribution in [0.5, 0.6) is 0 Å². The minimum atomic E-state index is -4.22. The van der Waals surface area contributed by atoms with Gasteiger partial charge in [-0.15, -0.1) is 0 Å². The van der Waals surface area contributed by atoms with E-state index in [1.165, 1.54) is 4.90 Å². The summed E-state index contributed by atoms with van der Waals surface area (Å²) < 4.78 is 32.8. The molecule has 1 rings (SSSR count). The number of likely N-dealkylation sites (N-methyl/N-ethyl adjacent to an activating group) is 1. The molecular formula is C10H24N2O4S. The summed E-state index contributed by atoms with van der Waals surface area (Å²) in [6, 6.07) is -0.105. The summed E-state index contributed by atoms with van der Waals surface area (Å²) in [6.45, 7) is 1.14. The quantitative estimate of drug-likeness (QED) is 0.541. The van der Waals surface area contributed by atoms with E-state index >= 15 is 0 Å². The van der Waals surface area contributed by atoms with Crippen molar-refractivity contribution in [2.75, 3.05) is 27.2 Å². The number of rotatable bonds is 4. The van der Waals surface area contributed by atoms with Crippen molar-refractivity contribution in [3.63, 3.8) is 0 Å². The van der Waals surface area contributed by atoms with Gasteiger partial charge in [-0.3, -0.25) is 0 Å². The molecule has 0 bridgehead atoms. The van der Waals surface area contributed by atoms with Crippen molar-refractivity contribution >= 4 is 10.3 Å². The van der Waals surface area contributed by atoms with Gasteiger partial charge in [-0.1, -0.05) is 19.3 Å². The van der Waals surface area contributed by atoms with E-state index < -0.39 is 10.3 Å². The summed E-state index contributed by atoms with van der Waals surface area (Å²) in [4.78, 5) is 1.29. The summed E-state index contributed by atoms with van der Waals surface area (Å²) in [6.07, 6.45) is 4.81. The maximum Gasteiger partial charge on any atom is 0.159 e. The van der Waals surface area contributed by atoms with Crippen LogP contribution in [-0.4, -0.2) is 51.4 Å². The normalized spacial score (nSPS) is 17.7. The maximum atomic E-state index is 10.2. The fourth-order valence-corrected chi connectivity index (χ4v) is 2.29. The van der Waals surface area contributed by atoms with Crippen LogP contribution in [0.2, 0.25) is 0 Å². The predicted octanol–water partition coefficient (Wildman–Crippen LogP) is -1.51. The Morgan fingerprint density at radius 3 is 2.12 bits per heavy atom. The van der Waals surface area contributed by atoms with E-state index in [2.05, 4.69) is 4.72 Å². The number of aliphatic hydroxyl groups is 1. The predicted molar refractivity (Wildman–Crippen MR) is 64.5 cm³/mol. The summed E-state index contributed by atoms with van der Waals surface area (Å²) in [7, 11) is -0.203. The number of aliphatic hydroxyl groups excluding tert-OH is 1. The van der Waals surface area contributed by atoms with Crippen molar-refractivity contribution in [3.8, 4) is 0 Å². The third kappa shape index (κ3) is 12.0. The average molecular weight is 268 g/mol. The molecule has 0 aromatic carbocycles. The molecule has 0 aliphatic heterocycles. The van der Waals surface area contributed by atoms with Gasteiger partial charge in [-0.05, 0) is 12.8 Å². The second kappa shape index (κ2) is 8.82. The molecule has 1 saturated carbocycles. The molecule has 0 radical (unpaired) electrons. The molecule has 0 spiro atoms. The van der Waals surface area contributed by atoms with Crippen LogP contribution in [0.3, 0.4) is 0 Å². The van der Waals surface area contributed by atoms with Gasteiger partial charge in [0.2, 0.25) is 0 Å². The highest BCUT2D eigenvalue weighted by Crippen LogP contribution is 2.17. The largest absolute Gasteiger partial charge is 0.735 e. The zero-order valence-electron chi connectivity index (χ0n) is 10.6. The van der Waals surface area contributed by atoms with Crippen LogP contribution >= 0.6 is 0 Å². The molecule has 17 heavy (non-hydrogen) atoms. The third-order valence-corrected chi connectivity index (χ3v) is 3.15. The second-order valence-corrected chi connectivity index (χ2v) is 5.73. The van der Waals surface area contributed by atoms with Crippen molar-refractivity contribution in [2.45, 2.75) is 38.1 Å². The molecule has 0 aromatic heterocycles. The van der Waals surface area contributed by atoms with E-state index in [4.69, 9.17) is 5.11 Å². The third-order valence-electron chi connectivity index (χ3n) is 2.53. The molecule has 0 aromatic rings. The Labute approximate surface area is 104 Å². The smallest absolute Gasteiger partial charge is 0.159 e. The molecule has 3 N–H and O–H groups in total. The van der Waals surface area contributed by atoms with E-state index in [1.807, 2.05) is 14.1 Å². The Kier molecular flexibility index (Phi) is 8.71. The van der Waals surface area contributed by atoms with Crippen molar-refractivity contribution < 1.29 is 23.0 Å². The SMILES string of the molecule is C[NH+](C)CCO.O=S(=O)([O-])NC1CCCCC1. The van der Waals surface area contributed by atoms with Gasteiger partial charge in [0.1, 0.15) is 6.54 Å². The maximum absolute atomic E-state index is 10.2. The molecule has 0 unspecified atom stereocenters. The minimum absolute atomic E-state index is 0.105. The molecule has 0 saturated heterocycles. The number of nitrogens with one attached hydrogen (secondary N) is 2. The molecule has 0 heterocycles. The Morgan fingerprint density at radius 2 is 1.82 bits per heavy atom.